The first kappa shape index (κ1) is 22.6. The first-order valence-corrected chi connectivity index (χ1v) is 10.0. The van der Waals surface area contributed by atoms with Gasteiger partial charge in [0.15, 0.2) is 5.41 Å². The largest absolute Gasteiger partial charge is 0.497 e. The van der Waals surface area contributed by atoms with Crippen LogP contribution < -0.4 is 14.8 Å². The second kappa shape index (κ2) is 9.40. The van der Waals surface area contributed by atoms with Crippen LogP contribution in [0.15, 0.2) is 48.5 Å². The van der Waals surface area contributed by atoms with Crippen LogP contribution in [0.5, 0.6) is 11.5 Å². The van der Waals surface area contributed by atoms with Gasteiger partial charge in [0, 0.05) is 5.92 Å². The lowest BCUT2D eigenvalue weighted by Gasteiger charge is -2.45. The third-order valence-corrected chi connectivity index (χ3v) is 5.71. The molecule has 0 saturated carbocycles. The standard InChI is InChI=1S/C24H23N3O5/c1-4-32-23(29)24(14-26)20(15-5-9-17(30-2)10-6-15)19(13-25)22(28)27-21(24)16-7-11-18(31-3)12-8-16/h5-12,19-21H,4H2,1-3H3,(H,27,28). The third-order valence-electron chi connectivity index (χ3n) is 5.71. The smallest absolute Gasteiger partial charge is 0.329 e. The number of esters is 1. The van der Waals surface area contributed by atoms with Gasteiger partial charge < -0.3 is 19.5 Å². The average molecular weight is 433 g/mol. The maximum absolute atomic E-state index is 13.4. The van der Waals surface area contributed by atoms with Crippen molar-refractivity contribution in [3.8, 4) is 23.6 Å². The molecule has 164 valence electrons. The van der Waals surface area contributed by atoms with Crippen molar-refractivity contribution in [2.45, 2.75) is 18.9 Å². The number of methoxy groups -OCH3 is 2. The molecule has 2 aromatic rings. The Morgan fingerprint density at radius 1 is 1.00 bits per heavy atom. The fourth-order valence-electron chi connectivity index (χ4n) is 4.16. The molecule has 0 bridgehead atoms. The van der Waals surface area contributed by atoms with E-state index in [9.17, 15) is 20.1 Å². The molecule has 32 heavy (non-hydrogen) atoms. The molecule has 1 aliphatic heterocycles. The van der Waals surface area contributed by atoms with Gasteiger partial charge in [0.25, 0.3) is 0 Å². The van der Waals surface area contributed by atoms with Gasteiger partial charge in [-0.2, -0.15) is 10.5 Å². The SMILES string of the molecule is CCOC(=O)C1(C#N)C(c2ccc(OC)cc2)NC(=O)C(C#N)C1c1ccc(OC)cc1. The van der Waals surface area contributed by atoms with Gasteiger partial charge in [0.2, 0.25) is 5.91 Å². The molecule has 1 aliphatic rings. The molecular weight excluding hydrogens is 410 g/mol. The highest BCUT2D eigenvalue weighted by atomic mass is 16.5. The van der Waals surface area contributed by atoms with Gasteiger partial charge in [-0.05, 0) is 42.3 Å². The lowest BCUT2D eigenvalue weighted by atomic mass is 9.59. The Kier molecular flexibility index (Phi) is 6.65. The minimum Gasteiger partial charge on any atom is -0.497 e. The Hall–Kier alpha value is -4.04. The second-order valence-corrected chi connectivity index (χ2v) is 7.27. The van der Waals surface area contributed by atoms with Crippen molar-refractivity contribution < 1.29 is 23.8 Å². The average Bonchev–Trinajstić information content (AvgIpc) is 2.83. The zero-order valence-corrected chi connectivity index (χ0v) is 18.0. The number of rotatable bonds is 6. The molecule has 0 aliphatic carbocycles. The van der Waals surface area contributed by atoms with Gasteiger partial charge >= 0.3 is 5.97 Å². The van der Waals surface area contributed by atoms with E-state index in [2.05, 4.69) is 11.4 Å². The summed E-state index contributed by atoms with van der Waals surface area (Å²) >= 11 is 0. The Morgan fingerprint density at radius 2 is 1.53 bits per heavy atom. The van der Waals surface area contributed by atoms with Crippen molar-refractivity contribution in [1.82, 2.24) is 5.32 Å². The van der Waals surface area contributed by atoms with Gasteiger partial charge in [-0.3, -0.25) is 9.59 Å². The number of benzene rings is 2. The summed E-state index contributed by atoms with van der Waals surface area (Å²) in [6, 6.07) is 16.4. The molecule has 0 spiro atoms. The quantitative estimate of drug-likeness (QED) is 0.695. The van der Waals surface area contributed by atoms with Crippen molar-refractivity contribution in [3.63, 3.8) is 0 Å². The molecule has 4 unspecified atom stereocenters. The van der Waals surface area contributed by atoms with Crippen molar-refractivity contribution >= 4 is 11.9 Å². The summed E-state index contributed by atoms with van der Waals surface area (Å²) in [5.41, 5.74) is -0.878. The molecule has 4 atom stereocenters. The summed E-state index contributed by atoms with van der Waals surface area (Å²) in [6.07, 6.45) is 0. The molecule has 1 amide bonds. The van der Waals surface area contributed by atoms with E-state index in [4.69, 9.17) is 14.2 Å². The molecule has 8 nitrogen and oxygen atoms in total. The van der Waals surface area contributed by atoms with Gasteiger partial charge in [-0.25, -0.2) is 0 Å². The Labute approximate surface area is 186 Å². The number of nitrogens with zero attached hydrogens (tertiary/aromatic N) is 2. The number of ether oxygens (including phenoxy) is 3. The molecule has 1 N–H and O–H groups in total. The minimum atomic E-state index is -1.88. The van der Waals surface area contributed by atoms with Crippen molar-refractivity contribution in [2.24, 2.45) is 11.3 Å². The number of hydrogen-bond acceptors (Lipinski definition) is 7. The number of nitriles is 2. The highest BCUT2D eigenvalue weighted by molar-refractivity contribution is 5.92. The molecule has 8 heteroatoms. The number of carbonyl (C=O) groups excluding carboxylic acids is 2. The molecular formula is C24H23N3O5. The van der Waals surface area contributed by atoms with E-state index >= 15 is 0 Å². The highest BCUT2D eigenvalue weighted by Gasteiger charge is 2.62. The van der Waals surface area contributed by atoms with E-state index in [0.717, 1.165) is 0 Å². The third kappa shape index (κ3) is 3.72. The second-order valence-electron chi connectivity index (χ2n) is 7.27. The number of piperidine rings is 1. The molecule has 2 aromatic carbocycles. The number of amides is 1. The maximum atomic E-state index is 13.4. The molecule has 1 saturated heterocycles. The van der Waals surface area contributed by atoms with Crippen LogP contribution >= 0.6 is 0 Å². The Morgan fingerprint density at radius 3 is 1.97 bits per heavy atom. The fraction of sp³-hybridized carbons (Fsp3) is 0.333. The highest BCUT2D eigenvalue weighted by Crippen LogP contribution is 2.53. The van der Waals surface area contributed by atoms with Crippen LogP contribution in [0.2, 0.25) is 0 Å². The Bertz CT molecular complexity index is 1070. The van der Waals surface area contributed by atoms with E-state index in [1.54, 1.807) is 55.5 Å². The van der Waals surface area contributed by atoms with Crippen LogP contribution in [0.4, 0.5) is 0 Å². The minimum absolute atomic E-state index is 0.0398. The van der Waals surface area contributed by atoms with E-state index in [0.29, 0.717) is 22.6 Å². The summed E-state index contributed by atoms with van der Waals surface area (Å²) < 4.78 is 15.7. The van der Waals surface area contributed by atoms with Crippen LogP contribution in [0.25, 0.3) is 0 Å². The van der Waals surface area contributed by atoms with E-state index in [1.807, 2.05) is 6.07 Å². The summed E-state index contributed by atoms with van der Waals surface area (Å²) in [7, 11) is 3.03. The molecule has 0 radical (unpaired) electrons. The van der Waals surface area contributed by atoms with E-state index < -0.39 is 35.2 Å². The predicted octanol–water partition coefficient (Wildman–Crippen LogP) is 2.87. The van der Waals surface area contributed by atoms with Crippen LogP contribution in [0.3, 0.4) is 0 Å². The molecule has 0 aromatic heterocycles. The fourth-order valence-corrected chi connectivity index (χ4v) is 4.16. The monoisotopic (exact) mass is 433 g/mol. The lowest BCUT2D eigenvalue weighted by Crippen LogP contribution is -2.58. The zero-order chi connectivity index (χ0) is 23.3. The van der Waals surface area contributed by atoms with E-state index in [1.165, 1.54) is 14.2 Å². The maximum Gasteiger partial charge on any atom is 0.329 e. The first-order valence-electron chi connectivity index (χ1n) is 10.0. The summed E-state index contributed by atoms with van der Waals surface area (Å²) in [5.74, 6) is -2.57. The van der Waals surface area contributed by atoms with Crippen molar-refractivity contribution in [3.05, 3.63) is 59.7 Å². The number of carbonyl (C=O) groups is 2. The first-order chi connectivity index (χ1) is 15.5. The summed E-state index contributed by atoms with van der Waals surface area (Å²) in [4.78, 5) is 26.4. The van der Waals surface area contributed by atoms with Crippen LogP contribution in [-0.2, 0) is 14.3 Å². The van der Waals surface area contributed by atoms with Gasteiger partial charge in [-0.15, -0.1) is 0 Å². The topological polar surface area (TPSA) is 121 Å². The van der Waals surface area contributed by atoms with Crippen LogP contribution in [0, 0.1) is 34.0 Å². The normalized spacial score (nSPS) is 24.4. The summed E-state index contributed by atoms with van der Waals surface area (Å²) in [5, 5.41) is 23.0. The van der Waals surface area contributed by atoms with Crippen molar-refractivity contribution in [2.75, 3.05) is 20.8 Å². The van der Waals surface area contributed by atoms with Crippen molar-refractivity contribution in [1.29, 1.82) is 10.5 Å². The van der Waals surface area contributed by atoms with Crippen LogP contribution in [-0.4, -0.2) is 32.7 Å². The molecule has 3 rings (SSSR count). The number of hydrogen-bond donors (Lipinski definition) is 1. The number of nitrogens with one attached hydrogen (secondary N) is 1. The molecule has 1 fully saturated rings. The predicted molar refractivity (Wildman–Crippen MR) is 113 cm³/mol. The van der Waals surface area contributed by atoms with E-state index in [-0.39, 0.29) is 6.61 Å². The summed E-state index contributed by atoms with van der Waals surface area (Å²) in [6.45, 7) is 1.68. The molecule has 1 heterocycles. The van der Waals surface area contributed by atoms with Gasteiger partial charge in [-0.1, -0.05) is 24.3 Å². The lowest BCUT2D eigenvalue weighted by molar-refractivity contribution is -0.159. The Balaban J connectivity index is 2.26. The van der Waals surface area contributed by atoms with Gasteiger partial charge in [0.1, 0.15) is 17.4 Å². The zero-order valence-electron chi connectivity index (χ0n) is 18.0. The van der Waals surface area contributed by atoms with Crippen LogP contribution in [0.1, 0.15) is 30.0 Å². The van der Waals surface area contributed by atoms with Gasteiger partial charge in [0.05, 0.1) is 39.0 Å².